The fourth-order valence-electron chi connectivity index (χ4n) is 2.11. The molecule has 116 valence electrons. The molecule has 0 saturated heterocycles. The van der Waals surface area contributed by atoms with Crippen LogP contribution in [0.5, 0.6) is 0 Å². The quantitative estimate of drug-likeness (QED) is 0.247. The zero-order valence-electron chi connectivity index (χ0n) is 13.1. The molecule has 0 aromatic heterocycles. The van der Waals surface area contributed by atoms with Crippen molar-refractivity contribution in [2.24, 2.45) is 0 Å². The first-order chi connectivity index (χ1) is 9.41. The van der Waals surface area contributed by atoms with Crippen LogP contribution in [0.15, 0.2) is 0 Å². The molecule has 4 heteroatoms. The van der Waals surface area contributed by atoms with Gasteiger partial charge in [-0.3, -0.25) is 0 Å². The third kappa shape index (κ3) is 18.1. The number of rotatable bonds is 16. The molecule has 0 saturated carbocycles. The van der Waals surface area contributed by atoms with E-state index >= 15 is 0 Å². The molecule has 0 heterocycles. The van der Waals surface area contributed by atoms with Gasteiger partial charge < -0.3 is 13.9 Å². The van der Waals surface area contributed by atoms with E-state index in [0.29, 0.717) is 6.79 Å². The summed E-state index contributed by atoms with van der Waals surface area (Å²) < 4.78 is 15.5. The van der Waals surface area contributed by atoms with Crippen molar-refractivity contribution in [3.8, 4) is 0 Å². The van der Waals surface area contributed by atoms with Gasteiger partial charge in [0.2, 0.25) is 0 Å². The van der Waals surface area contributed by atoms with Crippen LogP contribution in [0.4, 0.5) is 0 Å². The summed E-state index contributed by atoms with van der Waals surface area (Å²) in [5.74, 6) is 0. The summed E-state index contributed by atoms with van der Waals surface area (Å²) in [6.45, 7) is 4.29. The van der Waals surface area contributed by atoms with Gasteiger partial charge in [0, 0.05) is 20.3 Å². The Hall–Kier alpha value is 0.0969. The van der Waals surface area contributed by atoms with Crippen LogP contribution < -0.4 is 0 Å². The average molecular weight is 291 g/mol. The van der Waals surface area contributed by atoms with Gasteiger partial charge in [-0.25, -0.2) is 0 Å². The minimum Gasteiger partial charge on any atom is -0.424 e. The lowest BCUT2D eigenvalue weighted by Gasteiger charge is -2.04. The largest absolute Gasteiger partial charge is 0.424 e. The molecule has 0 fully saturated rings. The lowest BCUT2D eigenvalue weighted by molar-refractivity contribution is -0.0315. The van der Waals surface area contributed by atoms with Crippen LogP contribution in [0, 0.1) is 0 Å². The van der Waals surface area contributed by atoms with E-state index in [1.165, 1.54) is 63.8 Å². The minimum atomic E-state index is -0.169. The predicted molar refractivity (Wildman–Crippen MR) is 84.4 cm³/mol. The van der Waals surface area contributed by atoms with Crippen molar-refractivity contribution in [1.29, 1.82) is 0 Å². The smallest absolute Gasteiger partial charge is 0.161 e. The summed E-state index contributed by atoms with van der Waals surface area (Å²) in [6, 6.07) is 1.37. The molecule has 0 aliphatic rings. The third-order valence-electron chi connectivity index (χ3n) is 3.23. The summed E-state index contributed by atoms with van der Waals surface area (Å²) in [5, 5.41) is 0. The fraction of sp³-hybridized carbons (Fsp3) is 1.00. The molecule has 0 rings (SSSR count). The first-order valence-electron chi connectivity index (χ1n) is 8.06. The SMILES string of the molecule is CCO[SiH2]CCCCCCCCCCCOCOC. The second-order valence-corrected chi connectivity index (χ2v) is 6.57. The normalized spacial score (nSPS) is 11.7. The second-order valence-electron chi connectivity index (χ2n) is 5.05. The Bertz CT molecular complexity index is 140. The topological polar surface area (TPSA) is 27.7 Å². The molecule has 0 N–H and O–H groups in total. The number of ether oxygens (including phenoxy) is 2. The number of hydrogen-bond donors (Lipinski definition) is 0. The van der Waals surface area contributed by atoms with Gasteiger partial charge in [0.05, 0.1) is 0 Å². The van der Waals surface area contributed by atoms with Crippen LogP contribution >= 0.6 is 0 Å². The van der Waals surface area contributed by atoms with E-state index in [4.69, 9.17) is 13.9 Å². The average Bonchev–Trinajstić information content (AvgIpc) is 2.43. The molecule has 0 aromatic carbocycles. The molecule has 0 unspecified atom stereocenters. The highest BCUT2D eigenvalue weighted by Crippen LogP contribution is 2.10. The molecule has 0 aliphatic carbocycles. The Balaban J connectivity index is 2.88. The van der Waals surface area contributed by atoms with Gasteiger partial charge in [0.15, 0.2) is 9.76 Å². The summed E-state index contributed by atoms with van der Waals surface area (Å²) in [6.07, 6.45) is 12.2. The van der Waals surface area contributed by atoms with Gasteiger partial charge in [-0.05, 0) is 19.4 Å². The molecule has 0 radical (unpaired) electrons. The zero-order chi connectivity index (χ0) is 14.0. The van der Waals surface area contributed by atoms with Crippen molar-refractivity contribution in [3.05, 3.63) is 0 Å². The molecule has 0 spiro atoms. The van der Waals surface area contributed by atoms with E-state index < -0.39 is 0 Å². The number of unbranched alkanes of at least 4 members (excludes halogenated alkanes) is 8. The van der Waals surface area contributed by atoms with Crippen molar-refractivity contribution in [1.82, 2.24) is 0 Å². The first kappa shape index (κ1) is 19.1. The maximum atomic E-state index is 5.46. The molecule has 0 aliphatic heterocycles. The Kier molecular flexibility index (Phi) is 18.2. The molecule has 0 amide bonds. The third-order valence-corrected chi connectivity index (χ3v) is 4.72. The molecular formula is C15H34O3Si. The first-order valence-corrected chi connectivity index (χ1v) is 9.64. The van der Waals surface area contributed by atoms with Gasteiger partial charge in [-0.15, -0.1) is 0 Å². The zero-order valence-corrected chi connectivity index (χ0v) is 14.5. The monoisotopic (exact) mass is 290 g/mol. The van der Waals surface area contributed by atoms with E-state index in [1.54, 1.807) is 7.11 Å². The van der Waals surface area contributed by atoms with E-state index in [2.05, 4.69) is 6.92 Å². The van der Waals surface area contributed by atoms with Crippen molar-refractivity contribution in [2.45, 2.75) is 70.8 Å². The summed E-state index contributed by atoms with van der Waals surface area (Å²) in [7, 11) is 1.50. The standard InChI is InChI=1S/C15H34O3Si/c1-3-18-19-14-12-10-8-6-4-5-7-9-11-13-17-15-16-2/h3-15,19H2,1-2H3. The second kappa shape index (κ2) is 18.1. The predicted octanol–water partition coefficient (Wildman–Crippen LogP) is 3.66. The Morgan fingerprint density at radius 1 is 0.789 bits per heavy atom. The lowest BCUT2D eigenvalue weighted by Crippen LogP contribution is -1.98. The van der Waals surface area contributed by atoms with Gasteiger partial charge >= 0.3 is 0 Å². The van der Waals surface area contributed by atoms with Gasteiger partial charge in [-0.1, -0.05) is 51.4 Å². The van der Waals surface area contributed by atoms with Crippen LogP contribution in [0.1, 0.15) is 64.7 Å². The minimum absolute atomic E-state index is 0.169. The number of methoxy groups -OCH3 is 1. The van der Waals surface area contributed by atoms with Crippen molar-refractivity contribution in [3.63, 3.8) is 0 Å². The summed E-state index contributed by atoms with van der Waals surface area (Å²) in [5.41, 5.74) is 0. The van der Waals surface area contributed by atoms with Crippen LogP contribution in [-0.2, 0) is 13.9 Å². The fourth-order valence-corrected chi connectivity index (χ4v) is 3.16. The molecule has 3 nitrogen and oxygen atoms in total. The molecule has 0 aromatic rings. The molecule has 19 heavy (non-hydrogen) atoms. The van der Waals surface area contributed by atoms with E-state index in [-0.39, 0.29) is 9.76 Å². The Morgan fingerprint density at radius 3 is 1.95 bits per heavy atom. The molecular weight excluding hydrogens is 256 g/mol. The highest BCUT2D eigenvalue weighted by molar-refractivity contribution is 6.26. The van der Waals surface area contributed by atoms with Gasteiger partial charge in [0.25, 0.3) is 0 Å². The maximum Gasteiger partial charge on any atom is 0.161 e. The van der Waals surface area contributed by atoms with Crippen molar-refractivity contribution >= 4 is 9.76 Å². The van der Waals surface area contributed by atoms with E-state index in [0.717, 1.165) is 13.2 Å². The van der Waals surface area contributed by atoms with Crippen LogP contribution in [-0.4, -0.2) is 36.9 Å². The van der Waals surface area contributed by atoms with Crippen LogP contribution in [0.3, 0.4) is 0 Å². The Morgan fingerprint density at radius 2 is 1.37 bits per heavy atom. The van der Waals surface area contributed by atoms with Crippen LogP contribution in [0.25, 0.3) is 0 Å². The van der Waals surface area contributed by atoms with E-state index in [9.17, 15) is 0 Å². The summed E-state index contributed by atoms with van der Waals surface area (Å²) in [4.78, 5) is 0. The van der Waals surface area contributed by atoms with Gasteiger partial charge in [-0.2, -0.15) is 0 Å². The summed E-state index contributed by atoms with van der Waals surface area (Å²) >= 11 is 0. The molecule has 0 atom stereocenters. The maximum absolute atomic E-state index is 5.46. The number of hydrogen-bond acceptors (Lipinski definition) is 3. The van der Waals surface area contributed by atoms with Gasteiger partial charge in [0.1, 0.15) is 6.79 Å². The van der Waals surface area contributed by atoms with Crippen molar-refractivity contribution in [2.75, 3.05) is 27.1 Å². The Labute approximate surface area is 122 Å². The highest BCUT2D eigenvalue weighted by Gasteiger charge is 1.94. The lowest BCUT2D eigenvalue weighted by atomic mass is 10.1. The molecule has 0 bridgehead atoms. The van der Waals surface area contributed by atoms with Crippen LogP contribution in [0.2, 0.25) is 6.04 Å². The van der Waals surface area contributed by atoms with E-state index in [1.807, 2.05) is 0 Å². The highest BCUT2D eigenvalue weighted by atomic mass is 28.2. The van der Waals surface area contributed by atoms with Crippen molar-refractivity contribution < 1.29 is 13.9 Å².